The maximum absolute atomic E-state index is 11.2. The molecule has 0 aliphatic carbocycles. The molecule has 0 spiro atoms. The lowest BCUT2D eigenvalue weighted by Crippen LogP contribution is -1.95. The van der Waals surface area contributed by atoms with Gasteiger partial charge in [-0.1, -0.05) is 0 Å². The topological polar surface area (TPSA) is 30.2 Å². The summed E-state index contributed by atoms with van der Waals surface area (Å²) in [5.41, 5.74) is 0.596. The van der Waals surface area contributed by atoms with Gasteiger partial charge in [-0.3, -0.25) is 4.79 Å². The molecule has 0 bridgehead atoms. The predicted octanol–water partition coefficient (Wildman–Crippen LogP) is 2.14. The first kappa shape index (κ1) is 6.94. The van der Waals surface area contributed by atoms with E-state index in [0.717, 1.165) is 0 Å². The molecule has 0 N–H and O–H groups in total. The zero-order valence-corrected chi connectivity index (χ0v) is 7.11. The third-order valence-corrected chi connectivity index (χ3v) is 2.45. The van der Waals surface area contributed by atoms with Gasteiger partial charge < -0.3 is 4.42 Å². The Morgan fingerprint density at radius 3 is 3.18 bits per heavy atom. The molecule has 0 aliphatic heterocycles. The Morgan fingerprint density at radius 1 is 1.55 bits per heavy atom. The maximum Gasteiger partial charge on any atom is 0.203 e. The first-order valence-electron chi connectivity index (χ1n) is 2.98. The van der Waals surface area contributed by atoms with Crippen molar-refractivity contribution in [3.8, 4) is 0 Å². The Morgan fingerprint density at radius 2 is 2.36 bits per heavy atom. The molecule has 2 rings (SSSR count). The standard InChI is InChI=1S/C7H4O2S2/c8-4-3-6(10)9-5-1-2-11-7(4)5/h1-3,10H. The summed E-state index contributed by atoms with van der Waals surface area (Å²) in [7, 11) is 0. The number of rotatable bonds is 0. The van der Waals surface area contributed by atoms with E-state index in [0.29, 0.717) is 15.4 Å². The molecule has 4 heteroatoms. The van der Waals surface area contributed by atoms with Crippen LogP contribution in [0.1, 0.15) is 0 Å². The maximum atomic E-state index is 11.2. The molecule has 2 nitrogen and oxygen atoms in total. The van der Waals surface area contributed by atoms with Gasteiger partial charge in [-0.15, -0.1) is 24.0 Å². The van der Waals surface area contributed by atoms with E-state index < -0.39 is 0 Å². The minimum Gasteiger partial charge on any atom is -0.449 e. The molecular weight excluding hydrogens is 180 g/mol. The molecule has 11 heavy (non-hydrogen) atoms. The number of thiol groups is 1. The molecule has 0 unspecified atom stereocenters. The Balaban J connectivity index is 3.02. The fourth-order valence-electron chi connectivity index (χ4n) is 0.877. The summed E-state index contributed by atoms with van der Waals surface area (Å²) in [6.45, 7) is 0. The van der Waals surface area contributed by atoms with Crippen LogP contribution >= 0.6 is 24.0 Å². The Labute approximate surface area is 71.9 Å². The molecule has 0 saturated heterocycles. The van der Waals surface area contributed by atoms with Crippen molar-refractivity contribution in [2.45, 2.75) is 5.09 Å². The number of thiophene rings is 1. The summed E-state index contributed by atoms with van der Waals surface area (Å²) >= 11 is 5.33. The van der Waals surface area contributed by atoms with Crippen LogP contribution in [0.2, 0.25) is 0 Å². The fraction of sp³-hybridized carbons (Fsp3) is 0. The van der Waals surface area contributed by atoms with Crippen molar-refractivity contribution in [3.63, 3.8) is 0 Å². The summed E-state index contributed by atoms with van der Waals surface area (Å²) in [5.74, 6) is 0. The van der Waals surface area contributed by atoms with E-state index in [4.69, 9.17) is 4.42 Å². The van der Waals surface area contributed by atoms with Crippen LogP contribution in [0, 0.1) is 0 Å². The zero-order chi connectivity index (χ0) is 7.84. The van der Waals surface area contributed by atoms with Gasteiger partial charge in [0.15, 0.2) is 5.09 Å². The molecule has 2 aromatic rings. The van der Waals surface area contributed by atoms with E-state index in [1.165, 1.54) is 17.4 Å². The van der Waals surface area contributed by atoms with E-state index in [1.54, 1.807) is 6.07 Å². The molecule has 0 atom stereocenters. The lowest BCUT2D eigenvalue weighted by atomic mass is 10.4. The highest BCUT2D eigenvalue weighted by Crippen LogP contribution is 2.18. The highest BCUT2D eigenvalue weighted by Gasteiger charge is 2.01. The predicted molar refractivity (Wildman–Crippen MR) is 47.6 cm³/mol. The summed E-state index contributed by atoms with van der Waals surface area (Å²) in [6.07, 6.45) is 0. The van der Waals surface area contributed by atoms with Crippen LogP contribution in [0.15, 0.2) is 31.8 Å². The third kappa shape index (κ3) is 1.08. The molecule has 0 aromatic carbocycles. The Hall–Kier alpha value is -0.740. The Kier molecular flexibility index (Phi) is 1.51. The van der Waals surface area contributed by atoms with E-state index in [-0.39, 0.29) is 5.43 Å². The Bertz CT molecular complexity index is 441. The van der Waals surface area contributed by atoms with Crippen LogP contribution in [-0.4, -0.2) is 0 Å². The lowest BCUT2D eigenvalue weighted by molar-refractivity contribution is 0.503. The van der Waals surface area contributed by atoms with Crippen LogP contribution in [0.5, 0.6) is 0 Å². The molecular formula is C7H4O2S2. The molecule has 0 amide bonds. The second-order valence-electron chi connectivity index (χ2n) is 2.06. The largest absolute Gasteiger partial charge is 0.449 e. The van der Waals surface area contributed by atoms with Crippen molar-refractivity contribution in [1.29, 1.82) is 0 Å². The van der Waals surface area contributed by atoms with Gasteiger partial charge >= 0.3 is 0 Å². The van der Waals surface area contributed by atoms with Crippen molar-refractivity contribution in [1.82, 2.24) is 0 Å². The molecule has 0 saturated carbocycles. The van der Waals surface area contributed by atoms with E-state index in [1.807, 2.05) is 5.38 Å². The molecule has 0 radical (unpaired) electrons. The van der Waals surface area contributed by atoms with Crippen molar-refractivity contribution in [2.75, 3.05) is 0 Å². The summed E-state index contributed by atoms with van der Waals surface area (Å²) < 4.78 is 5.81. The van der Waals surface area contributed by atoms with Crippen LogP contribution in [0.4, 0.5) is 0 Å². The second kappa shape index (κ2) is 2.39. The average molecular weight is 184 g/mol. The molecule has 0 fully saturated rings. The van der Waals surface area contributed by atoms with Gasteiger partial charge in [0.2, 0.25) is 5.43 Å². The van der Waals surface area contributed by atoms with Crippen molar-refractivity contribution in [2.24, 2.45) is 0 Å². The van der Waals surface area contributed by atoms with Crippen LogP contribution in [-0.2, 0) is 0 Å². The zero-order valence-electron chi connectivity index (χ0n) is 5.40. The summed E-state index contributed by atoms with van der Waals surface area (Å²) in [5, 5.41) is 2.18. The molecule has 2 aromatic heterocycles. The number of fused-ring (bicyclic) bond motifs is 1. The minimum absolute atomic E-state index is 0.0220. The van der Waals surface area contributed by atoms with Crippen LogP contribution < -0.4 is 5.43 Å². The minimum atomic E-state index is -0.0220. The first-order chi connectivity index (χ1) is 5.27. The summed E-state index contributed by atoms with van der Waals surface area (Å²) in [6, 6.07) is 3.14. The number of hydrogen-bond acceptors (Lipinski definition) is 4. The van der Waals surface area contributed by atoms with Crippen molar-refractivity contribution >= 4 is 34.2 Å². The fourth-order valence-corrected chi connectivity index (χ4v) is 1.82. The van der Waals surface area contributed by atoms with Gasteiger partial charge in [-0.05, 0) is 11.4 Å². The highest BCUT2D eigenvalue weighted by atomic mass is 32.1. The monoisotopic (exact) mass is 184 g/mol. The normalized spacial score (nSPS) is 10.6. The summed E-state index contributed by atoms with van der Waals surface area (Å²) in [4.78, 5) is 11.2. The smallest absolute Gasteiger partial charge is 0.203 e. The molecule has 2 heterocycles. The van der Waals surface area contributed by atoms with E-state index in [2.05, 4.69) is 12.6 Å². The van der Waals surface area contributed by atoms with Gasteiger partial charge in [0.1, 0.15) is 10.3 Å². The SMILES string of the molecule is O=c1cc(S)oc2ccsc12. The molecule has 56 valence electrons. The lowest BCUT2D eigenvalue weighted by Gasteiger charge is -1.89. The first-order valence-corrected chi connectivity index (χ1v) is 4.30. The van der Waals surface area contributed by atoms with E-state index >= 15 is 0 Å². The van der Waals surface area contributed by atoms with Gasteiger partial charge in [0.25, 0.3) is 0 Å². The van der Waals surface area contributed by atoms with Crippen molar-refractivity contribution < 1.29 is 4.42 Å². The van der Waals surface area contributed by atoms with Crippen molar-refractivity contribution in [3.05, 3.63) is 27.7 Å². The second-order valence-corrected chi connectivity index (χ2v) is 3.42. The van der Waals surface area contributed by atoms with Gasteiger partial charge in [0, 0.05) is 6.07 Å². The third-order valence-electron chi connectivity index (χ3n) is 1.32. The van der Waals surface area contributed by atoms with Gasteiger partial charge in [-0.25, -0.2) is 0 Å². The number of hydrogen-bond donors (Lipinski definition) is 1. The van der Waals surface area contributed by atoms with Gasteiger partial charge in [-0.2, -0.15) is 0 Å². The quantitative estimate of drug-likeness (QED) is 0.636. The van der Waals surface area contributed by atoms with Crippen LogP contribution in [0.25, 0.3) is 10.3 Å². The van der Waals surface area contributed by atoms with Gasteiger partial charge in [0.05, 0.1) is 0 Å². The average Bonchev–Trinajstić information content (AvgIpc) is 2.34. The van der Waals surface area contributed by atoms with E-state index in [9.17, 15) is 4.79 Å². The van der Waals surface area contributed by atoms with Crippen LogP contribution in [0.3, 0.4) is 0 Å². The molecule has 0 aliphatic rings. The highest BCUT2D eigenvalue weighted by molar-refractivity contribution is 7.80.